The molecule has 0 spiro atoms. The molecule has 0 radical (unpaired) electrons. The average molecular weight is 395 g/mol. The first kappa shape index (κ1) is 17.2. The molecular formula is C25H22N4O. The monoisotopic (exact) mass is 395 g/mol. The lowest BCUT2D eigenvalue weighted by atomic mass is 10.1. The van der Waals surface area contributed by atoms with E-state index in [1.807, 2.05) is 55.5 Å². The summed E-state index contributed by atoms with van der Waals surface area (Å²) in [6.07, 6.45) is 9.48. The third kappa shape index (κ3) is 3.40. The van der Waals surface area contributed by atoms with Gasteiger partial charge in [-0.2, -0.15) is 0 Å². The number of aromatic amines is 2. The van der Waals surface area contributed by atoms with Crippen LogP contribution in [0.4, 0.5) is 0 Å². The van der Waals surface area contributed by atoms with Crippen LogP contribution in [-0.2, 0) is 4.74 Å². The van der Waals surface area contributed by atoms with Crippen molar-refractivity contribution in [2.45, 2.75) is 13.0 Å². The third-order valence-electron chi connectivity index (χ3n) is 5.27. The third-order valence-corrected chi connectivity index (χ3v) is 5.27. The van der Waals surface area contributed by atoms with Crippen LogP contribution in [0, 0.1) is 0 Å². The van der Waals surface area contributed by atoms with Crippen molar-refractivity contribution in [2.24, 2.45) is 0 Å². The fraction of sp³-hybridized carbons (Fsp3) is 0.120. The Hall–Kier alpha value is -3.70. The Labute approximate surface area is 175 Å². The van der Waals surface area contributed by atoms with E-state index in [0.717, 1.165) is 50.5 Å². The minimum Gasteiger partial charge on any atom is -0.377 e. The van der Waals surface area contributed by atoms with E-state index in [-0.39, 0.29) is 6.10 Å². The van der Waals surface area contributed by atoms with Gasteiger partial charge in [0.1, 0.15) is 0 Å². The average Bonchev–Trinajstić information content (AvgIpc) is 3.52. The minimum atomic E-state index is -0.0856. The number of fused-ring (bicyclic) bond motifs is 8. The second-order valence-electron chi connectivity index (χ2n) is 7.33. The Morgan fingerprint density at radius 1 is 0.900 bits per heavy atom. The number of methoxy groups -OCH3 is 1. The van der Waals surface area contributed by atoms with Gasteiger partial charge in [0, 0.05) is 34.7 Å². The summed E-state index contributed by atoms with van der Waals surface area (Å²) in [6.45, 7) is 5.92. The summed E-state index contributed by atoms with van der Waals surface area (Å²) in [5, 5.41) is 0. The molecule has 2 aliphatic heterocycles. The van der Waals surface area contributed by atoms with E-state index >= 15 is 0 Å². The van der Waals surface area contributed by atoms with Crippen LogP contribution < -0.4 is 0 Å². The van der Waals surface area contributed by atoms with Crippen LogP contribution in [0.2, 0.25) is 0 Å². The zero-order chi connectivity index (χ0) is 21.5. The van der Waals surface area contributed by atoms with Gasteiger partial charge >= 0.3 is 0 Å². The summed E-state index contributed by atoms with van der Waals surface area (Å²) in [5.41, 5.74) is 8.45. The fourth-order valence-corrected chi connectivity index (χ4v) is 3.69. The van der Waals surface area contributed by atoms with E-state index in [1.54, 1.807) is 13.2 Å². The first-order chi connectivity index (χ1) is 15.0. The molecule has 0 aliphatic carbocycles. The molecule has 8 bridgehead atoms. The van der Waals surface area contributed by atoms with Crippen molar-refractivity contribution in [1.82, 2.24) is 19.9 Å². The maximum Gasteiger partial charge on any atom is 0.0813 e. The van der Waals surface area contributed by atoms with Gasteiger partial charge in [0.05, 0.1) is 30.3 Å². The van der Waals surface area contributed by atoms with Gasteiger partial charge in [0.25, 0.3) is 0 Å². The molecule has 2 aliphatic rings. The zero-order valence-corrected chi connectivity index (χ0v) is 16.9. The van der Waals surface area contributed by atoms with Gasteiger partial charge in [0.2, 0.25) is 0 Å². The fourth-order valence-electron chi connectivity index (χ4n) is 3.69. The molecule has 5 nitrogen and oxygen atoms in total. The second kappa shape index (κ2) is 7.28. The molecule has 5 heterocycles. The van der Waals surface area contributed by atoms with Crippen LogP contribution in [0.3, 0.4) is 0 Å². The molecule has 0 saturated carbocycles. The highest BCUT2D eigenvalue weighted by atomic mass is 16.5. The minimum absolute atomic E-state index is 0.0856. The zero-order valence-electron chi connectivity index (χ0n) is 17.9. The van der Waals surface area contributed by atoms with Gasteiger partial charge < -0.3 is 14.7 Å². The van der Waals surface area contributed by atoms with E-state index < -0.39 is 0 Å². The van der Waals surface area contributed by atoms with Crippen LogP contribution >= 0.6 is 0 Å². The maximum atomic E-state index is 8.57. The highest BCUT2D eigenvalue weighted by molar-refractivity contribution is 5.81. The van der Waals surface area contributed by atoms with Crippen LogP contribution in [0.25, 0.3) is 52.4 Å². The molecule has 0 fully saturated rings. The van der Waals surface area contributed by atoms with Crippen molar-refractivity contribution in [3.8, 4) is 0 Å². The van der Waals surface area contributed by atoms with Crippen molar-refractivity contribution in [2.75, 3.05) is 7.11 Å². The van der Waals surface area contributed by atoms with Crippen molar-refractivity contribution in [3.05, 3.63) is 76.9 Å². The number of nitrogens with one attached hydrogen (secondary N) is 2. The van der Waals surface area contributed by atoms with Gasteiger partial charge in [-0.3, -0.25) is 0 Å². The topological polar surface area (TPSA) is 66.6 Å². The van der Waals surface area contributed by atoms with E-state index in [4.69, 9.17) is 11.1 Å². The molecule has 2 N–H and O–H groups in total. The number of ether oxygens (including phenoxy) is 1. The molecule has 1 unspecified atom stereocenters. The molecule has 0 amide bonds. The molecular weight excluding hydrogens is 372 g/mol. The number of hydrogen-bond acceptors (Lipinski definition) is 3. The second-order valence-corrected chi connectivity index (χ2v) is 7.33. The summed E-state index contributed by atoms with van der Waals surface area (Å²) in [5.74, 6) is 0. The lowest BCUT2D eigenvalue weighted by Gasteiger charge is -2.06. The summed E-state index contributed by atoms with van der Waals surface area (Å²) < 4.78 is 14.2. The number of nitrogens with zero attached hydrogens (tertiary/aromatic N) is 2. The summed E-state index contributed by atoms with van der Waals surface area (Å²) in [7, 11) is 1.70. The molecule has 3 aromatic rings. The number of aromatic nitrogens is 4. The molecule has 0 aromatic carbocycles. The summed E-state index contributed by atoms with van der Waals surface area (Å²) in [4.78, 5) is 16.2. The van der Waals surface area contributed by atoms with Crippen molar-refractivity contribution in [3.63, 3.8) is 0 Å². The Morgan fingerprint density at radius 2 is 1.53 bits per heavy atom. The van der Waals surface area contributed by atoms with E-state index in [9.17, 15) is 0 Å². The van der Waals surface area contributed by atoms with Crippen molar-refractivity contribution in [1.29, 1.82) is 0 Å². The first-order valence-corrected chi connectivity index (χ1v) is 9.81. The molecule has 1 atom stereocenters. The number of H-pyrrole nitrogens is 2. The van der Waals surface area contributed by atoms with Gasteiger partial charge in [0.15, 0.2) is 0 Å². The Morgan fingerprint density at radius 3 is 2.20 bits per heavy atom. The highest BCUT2D eigenvalue weighted by Crippen LogP contribution is 2.26. The quantitative estimate of drug-likeness (QED) is 0.393. The van der Waals surface area contributed by atoms with Crippen molar-refractivity contribution < 1.29 is 6.11 Å². The molecule has 30 heavy (non-hydrogen) atoms. The predicted octanol–water partition coefficient (Wildman–Crippen LogP) is 6.01. The van der Waals surface area contributed by atoms with Crippen molar-refractivity contribution >= 4 is 52.4 Å². The van der Waals surface area contributed by atoms with E-state index in [2.05, 4.69) is 27.6 Å². The molecule has 5 heteroatoms. The lowest BCUT2D eigenvalue weighted by Crippen LogP contribution is -1.93. The van der Waals surface area contributed by atoms with E-state index in [0.29, 0.717) is 11.6 Å². The summed E-state index contributed by atoms with van der Waals surface area (Å²) >= 11 is 0. The number of hydrogen-bond donors (Lipinski definition) is 2. The smallest absolute Gasteiger partial charge is 0.0813 e. The largest absolute Gasteiger partial charge is 0.377 e. The van der Waals surface area contributed by atoms with Gasteiger partial charge in [-0.15, -0.1) is 0 Å². The van der Waals surface area contributed by atoms with Crippen LogP contribution in [0.1, 0.15) is 48.3 Å². The Bertz CT molecular complexity index is 1420. The molecule has 5 rings (SSSR count). The highest BCUT2D eigenvalue weighted by Gasteiger charge is 2.10. The normalized spacial score (nSPS) is 14.0. The molecule has 3 aromatic heterocycles. The predicted molar refractivity (Wildman–Crippen MR) is 124 cm³/mol. The lowest BCUT2D eigenvalue weighted by molar-refractivity contribution is 0.121. The van der Waals surface area contributed by atoms with E-state index in [1.165, 1.54) is 0 Å². The van der Waals surface area contributed by atoms with Crippen LogP contribution in [0.15, 0.2) is 43.0 Å². The van der Waals surface area contributed by atoms with Crippen LogP contribution in [-0.4, -0.2) is 27.0 Å². The Balaban J connectivity index is 1.91. The van der Waals surface area contributed by atoms with Gasteiger partial charge in [-0.1, -0.05) is 12.7 Å². The van der Waals surface area contributed by atoms with Crippen LogP contribution in [0.5, 0.6) is 0 Å². The first-order valence-electron chi connectivity index (χ1n) is 10.3. The Kier molecular flexibility index (Phi) is 4.17. The maximum absolute atomic E-state index is 8.57. The standard InChI is InChI=1S/C25H22N4O/c1-4-16-9-21-11-19-6-5-17(26-19)10-18-7-8-20(27-18)13-25-23(15(2)30-3)12-22(29-25)14-24(16)28-21/h4-15,28-29H,1H2,2-3H3/i9D. The van der Waals surface area contributed by atoms with Gasteiger partial charge in [-0.05, 0) is 73.2 Å². The number of rotatable bonds is 3. The molecule has 148 valence electrons. The van der Waals surface area contributed by atoms with Gasteiger partial charge in [-0.25, -0.2) is 9.97 Å². The molecule has 0 saturated heterocycles. The summed E-state index contributed by atoms with van der Waals surface area (Å²) in [6, 6.07) is 10.3. The SMILES string of the molecule is [2H]c1c(C=C)c2cc3cc(C(C)OC)c(cc4nc(cc5nc(cc1[nH]2)C=C5)C=C4)[nH]3.